The number of nitrogens with zero attached hydrogens (tertiary/aromatic N) is 2. The van der Waals surface area contributed by atoms with Crippen LogP contribution in [0.15, 0.2) is 29.3 Å². The molecule has 2 aliphatic rings. The number of rotatable bonds is 9. The molecule has 3 unspecified atom stereocenters. The van der Waals surface area contributed by atoms with Gasteiger partial charge in [-0.25, -0.2) is 4.99 Å². The lowest BCUT2D eigenvalue weighted by Gasteiger charge is -2.31. The van der Waals surface area contributed by atoms with E-state index >= 15 is 0 Å². The van der Waals surface area contributed by atoms with Crippen molar-refractivity contribution < 1.29 is 4.79 Å². The van der Waals surface area contributed by atoms with Crippen molar-refractivity contribution in [2.24, 2.45) is 16.6 Å². The van der Waals surface area contributed by atoms with Gasteiger partial charge in [0.2, 0.25) is 5.91 Å². The van der Waals surface area contributed by atoms with E-state index < -0.39 is 0 Å². The third-order valence-corrected chi connectivity index (χ3v) is 7.43. The second-order valence-corrected chi connectivity index (χ2v) is 10.3. The molecular formula is C24H39N5OS. The Morgan fingerprint density at radius 2 is 2.10 bits per heavy atom. The van der Waals surface area contributed by atoms with Crippen LogP contribution in [0, 0.1) is 5.92 Å². The summed E-state index contributed by atoms with van der Waals surface area (Å²) in [7, 11) is 0. The third-order valence-electron chi connectivity index (χ3n) is 6.20. The Kier molecular flexibility index (Phi) is 9.53. The zero-order valence-corrected chi connectivity index (χ0v) is 19.9. The highest BCUT2D eigenvalue weighted by molar-refractivity contribution is 7.99. The number of guanidine groups is 1. The van der Waals surface area contributed by atoms with Crippen molar-refractivity contribution >= 4 is 23.6 Å². The number of primary amides is 1. The van der Waals surface area contributed by atoms with E-state index in [0.29, 0.717) is 12.6 Å². The van der Waals surface area contributed by atoms with Crippen molar-refractivity contribution in [3.05, 3.63) is 35.4 Å². The molecule has 3 rings (SSSR count). The molecule has 1 saturated carbocycles. The molecule has 1 aliphatic carbocycles. The number of nitrogens with one attached hydrogen (secondary N) is 2. The number of thioether (sulfide) groups is 1. The molecule has 1 amide bonds. The molecule has 1 aromatic carbocycles. The van der Waals surface area contributed by atoms with Crippen LogP contribution in [0.4, 0.5) is 0 Å². The molecule has 0 bridgehead atoms. The van der Waals surface area contributed by atoms with Gasteiger partial charge in [0.1, 0.15) is 0 Å². The van der Waals surface area contributed by atoms with E-state index in [0.717, 1.165) is 50.2 Å². The molecule has 2 fully saturated rings. The summed E-state index contributed by atoms with van der Waals surface area (Å²) in [5, 5.41) is 7.83. The second-order valence-electron chi connectivity index (χ2n) is 8.72. The third kappa shape index (κ3) is 7.72. The first-order valence-corrected chi connectivity index (χ1v) is 12.9. The van der Waals surface area contributed by atoms with E-state index in [1.165, 1.54) is 36.1 Å². The van der Waals surface area contributed by atoms with Crippen molar-refractivity contribution in [1.82, 2.24) is 15.5 Å². The Labute approximate surface area is 191 Å². The monoisotopic (exact) mass is 445 g/mol. The van der Waals surface area contributed by atoms with Crippen LogP contribution < -0.4 is 16.4 Å². The van der Waals surface area contributed by atoms with Gasteiger partial charge in [-0.2, -0.15) is 11.8 Å². The van der Waals surface area contributed by atoms with Crippen LogP contribution in [0.5, 0.6) is 0 Å². The van der Waals surface area contributed by atoms with Crippen LogP contribution >= 0.6 is 11.8 Å². The molecule has 1 aromatic rings. The first kappa shape index (κ1) is 23.9. The Bertz CT molecular complexity index is 740. The van der Waals surface area contributed by atoms with E-state index in [1.54, 1.807) is 0 Å². The molecule has 0 radical (unpaired) electrons. The predicted octanol–water partition coefficient (Wildman–Crippen LogP) is 3.11. The molecule has 3 atom stereocenters. The summed E-state index contributed by atoms with van der Waals surface area (Å²) in [5.74, 6) is 1.93. The van der Waals surface area contributed by atoms with Gasteiger partial charge in [-0.15, -0.1) is 0 Å². The van der Waals surface area contributed by atoms with Crippen LogP contribution in [0.1, 0.15) is 57.1 Å². The molecular weight excluding hydrogens is 406 g/mol. The number of hydrogen-bond donors (Lipinski definition) is 3. The van der Waals surface area contributed by atoms with Gasteiger partial charge >= 0.3 is 0 Å². The van der Waals surface area contributed by atoms with Crippen molar-refractivity contribution in [2.75, 3.05) is 25.4 Å². The minimum absolute atomic E-state index is 0.0128. The summed E-state index contributed by atoms with van der Waals surface area (Å²) >= 11 is 2.08. The van der Waals surface area contributed by atoms with Crippen molar-refractivity contribution in [1.29, 1.82) is 0 Å². The smallest absolute Gasteiger partial charge is 0.221 e. The molecule has 0 spiro atoms. The molecule has 31 heavy (non-hydrogen) atoms. The highest BCUT2D eigenvalue weighted by Crippen LogP contribution is 2.29. The maximum Gasteiger partial charge on any atom is 0.221 e. The number of piperidine rings is 1. The van der Waals surface area contributed by atoms with Gasteiger partial charge in [-0.3, -0.25) is 9.69 Å². The summed E-state index contributed by atoms with van der Waals surface area (Å²) in [5.41, 5.74) is 8.01. The van der Waals surface area contributed by atoms with Gasteiger partial charge in [0.15, 0.2) is 5.96 Å². The molecule has 7 heteroatoms. The van der Waals surface area contributed by atoms with E-state index in [2.05, 4.69) is 65.4 Å². The number of carbonyl (C=O) groups excluding carboxylic acids is 1. The maximum atomic E-state index is 11.6. The van der Waals surface area contributed by atoms with E-state index in [9.17, 15) is 4.79 Å². The van der Waals surface area contributed by atoms with Crippen LogP contribution in [0.2, 0.25) is 0 Å². The van der Waals surface area contributed by atoms with E-state index in [1.807, 2.05) is 0 Å². The van der Waals surface area contributed by atoms with Crippen molar-refractivity contribution in [3.8, 4) is 0 Å². The Balaban J connectivity index is 1.55. The summed E-state index contributed by atoms with van der Waals surface area (Å²) in [6.07, 6.45) is 5.69. The zero-order valence-electron chi connectivity index (χ0n) is 19.1. The maximum absolute atomic E-state index is 11.6. The zero-order chi connectivity index (χ0) is 22.1. The average Bonchev–Trinajstić information content (AvgIpc) is 3.20. The number of amides is 1. The minimum atomic E-state index is -0.168. The second kappa shape index (κ2) is 12.3. The molecule has 1 saturated heterocycles. The molecule has 1 aliphatic heterocycles. The Morgan fingerprint density at radius 3 is 2.87 bits per heavy atom. The summed E-state index contributed by atoms with van der Waals surface area (Å²) < 4.78 is 0. The number of likely N-dealkylation sites (tertiary alicyclic amines) is 1. The van der Waals surface area contributed by atoms with Gasteiger partial charge in [0.25, 0.3) is 0 Å². The lowest BCUT2D eigenvalue weighted by Crippen LogP contribution is -2.42. The topological polar surface area (TPSA) is 82.8 Å². The minimum Gasteiger partial charge on any atom is -0.369 e. The highest BCUT2D eigenvalue weighted by atomic mass is 32.2. The van der Waals surface area contributed by atoms with Gasteiger partial charge in [-0.05, 0) is 62.5 Å². The van der Waals surface area contributed by atoms with Crippen LogP contribution in [-0.4, -0.2) is 53.4 Å². The average molecular weight is 446 g/mol. The number of aliphatic imine (C=N–C) groups is 1. The fourth-order valence-corrected chi connectivity index (χ4v) is 5.80. The summed E-state index contributed by atoms with van der Waals surface area (Å²) in [6, 6.07) is 9.17. The molecule has 0 aromatic heterocycles. The summed E-state index contributed by atoms with van der Waals surface area (Å²) in [6.45, 7) is 8.53. The van der Waals surface area contributed by atoms with Gasteiger partial charge in [-0.1, -0.05) is 31.2 Å². The first-order chi connectivity index (χ1) is 15.1. The Hall–Kier alpha value is -1.73. The number of carbonyl (C=O) groups is 1. The Morgan fingerprint density at radius 1 is 1.26 bits per heavy atom. The van der Waals surface area contributed by atoms with Crippen LogP contribution in [0.3, 0.4) is 0 Å². The van der Waals surface area contributed by atoms with Crippen LogP contribution in [-0.2, 0) is 17.9 Å². The van der Waals surface area contributed by atoms with Crippen molar-refractivity contribution in [2.45, 2.75) is 70.3 Å². The highest BCUT2D eigenvalue weighted by Gasteiger charge is 2.25. The molecule has 6 nitrogen and oxygen atoms in total. The van der Waals surface area contributed by atoms with E-state index in [-0.39, 0.29) is 11.8 Å². The largest absolute Gasteiger partial charge is 0.369 e. The molecule has 172 valence electrons. The lowest BCUT2D eigenvalue weighted by atomic mass is 9.97. The standard InChI is InChI=1S/C24H39N5OS/c1-3-26-24(28-21-10-11-22(14-21)31-4-2)27-15-18-7-5-8-19(13-18)16-29-12-6-9-20(17-29)23(25)30/h5,7-8,13,20-22H,3-4,6,9-12,14-17H2,1-2H3,(H2,25,30)(H2,26,27,28). The van der Waals surface area contributed by atoms with Crippen molar-refractivity contribution in [3.63, 3.8) is 0 Å². The number of benzene rings is 1. The molecule has 4 N–H and O–H groups in total. The SMILES string of the molecule is CCNC(=NCc1cccc(CN2CCCC(C(N)=O)C2)c1)NC1CCC(SCC)C1. The number of hydrogen-bond acceptors (Lipinski definition) is 4. The first-order valence-electron chi connectivity index (χ1n) is 11.8. The number of nitrogens with two attached hydrogens (primary N) is 1. The molecule has 1 heterocycles. The van der Waals surface area contributed by atoms with Gasteiger partial charge < -0.3 is 16.4 Å². The normalized spacial score (nSPS) is 24.8. The lowest BCUT2D eigenvalue weighted by molar-refractivity contribution is -0.123. The van der Waals surface area contributed by atoms with Crippen LogP contribution in [0.25, 0.3) is 0 Å². The van der Waals surface area contributed by atoms with E-state index in [4.69, 9.17) is 10.7 Å². The van der Waals surface area contributed by atoms with Gasteiger partial charge in [0.05, 0.1) is 12.5 Å². The fourth-order valence-electron chi connectivity index (χ4n) is 4.66. The predicted molar refractivity (Wildman–Crippen MR) is 131 cm³/mol. The quantitative estimate of drug-likeness (QED) is 0.402. The summed E-state index contributed by atoms with van der Waals surface area (Å²) in [4.78, 5) is 18.8. The fraction of sp³-hybridized carbons (Fsp3) is 0.667. The van der Waals surface area contributed by atoms with Gasteiger partial charge in [0, 0.05) is 30.9 Å².